The lowest BCUT2D eigenvalue weighted by atomic mass is 10.1. The molecule has 7 heteroatoms. The van der Waals surface area contributed by atoms with Gasteiger partial charge >= 0.3 is 5.97 Å². The van der Waals surface area contributed by atoms with Crippen molar-refractivity contribution in [3.63, 3.8) is 0 Å². The number of hydrogen-bond donors (Lipinski definition) is 3. The lowest BCUT2D eigenvalue weighted by Crippen LogP contribution is -2.43. The van der Waals surface area contributed by atoms with Crippen LogP contribution in [0.5, 0.6) is 0 Å². The molecule has 0 unspecified atom stereocenters. The van der Waals surface area contributed by atoms with Gasteiger partial charge in [-0.2, -0.15) is 0 Å². The number of carboxylic acid groups (broad SMARTS) is 1. The summed E-state index contributed by atoms with van der Waals surface area (Å²) in [5, 5.41) is 11.9. The van der Waals surface area contributed by atoms with Gasteiger partial charge in [-0.15, -0.1) is 0 Å². The Hall–Kier alpha value is -2.96. The number of rotatable bonds is 5. The highest BCUT2D eigenvalue weighted by Crippen LogP contribution is 2.16. The van der Waals surface area contributed by atoms with Crippen LogP contribution in [0.15, 0.2) is 36.5 Å². The normalized spacial score (nSPS) is 11.8. The molecule has 0 aliphatic carbocycles. The summed E-state index contributed by atoms with van der Waals surface area (Å²) in [5.41, 5.74) is 5.88. The molecule has 7 nitrogen and oxygen atoms in total. The van der Waals surface area contributed by atoms with Gasteiger partial charge in [-0.25, -0.2) is 4.79 Å². The van der Waals surface area contributed by atoms with Crippen LogP contribution in [0.1, 0.15) is 16.8 Å². The van der Waals surface area contributed by atoms with E-state index in [0.717, 1.165) is 0 Å². The number of carboxylic acids is 1. The molecule has 1 aromatic heterocycles. The number of nitrogens with two attached hydrogens (primary N) is 1. The van der Waals surface area contributed by atoms with Crippen molar-refractivity contribution in [3.05, 3.63) is 42.1 Å². The molecule has 0 fully saturated rings. The average Bonchev–Trinajstić information content (AvgIpc) is 2.45. The third-order valence-electron chi connectivity index (χ3n) is 2.90. The summed E-state index contributed by atoms with van der Waals surface area (Å²) in [5.74, 6) is -2.72. The zero-order valence-electron chi connectivity index (χ0n) is 10.9. The van der Waals surface area contributed by atoms with Gasteiger partial charge in [0, 0.05) is 11.6 Å². The number of benzene rings is 1. The summed E-state index contributed by atoms with van der Waals surface area (Å²) in [6, 6.07) is 7.11. The number of carbonyl (C=O) groups is 3. The van der Waals surface area contributed by atoms with E-state index in [1.807, 2.05) is 0 Å². The quantitative estimate of drug-likeness (QED) is 0.729. The van der Waals surface area contributed by atoms with Crippen LogP contribution >= 0.6 is 0 Å². The number of pyridine rings is 1. The maximum atomic E-state index is 12.2. The molecule has 0 saturated heterocycles. The van der Waals surface area contributed by atoms with Crippen molar-refractivity contribution in [2.45, 2.75) is 12.5 Å². The summed E-state index contributed by atoms with van der Waals surface area (Å²) in [7, 11) is 0. The van der Waals surface area contributed by atoms with Crippen LogP contribution in [0.4, 0.5) is 0 Å². The Morgan fingerprint density at radius 1 is 1.24 bits per heavy atom. The standard InChI is InChI=1S/C14H13N3O4/c15-12(18)7-11(14(20)21)17-13(19)9-5-6-16-10-4-2-1-3-8(9)10/h1-6,11H,7H2,(H2,15,18)(H,17,19)(H,20,21)/t11-/m0/s1. The summed E-state index contributed by atoms with van der Waals surface area (Å²) >= 11 is 0. The number of hydrogen-bond acceptors (Lipinski definition) is 4. The van der Waals surface area contributed by atoms with Crippen LogP contribution in [0.25, 0.3) is 10.9 Å². The molecule has 2 aromatic rings. The summed E-state index contributed by atoms with van der Waals surface area (Å²) in [6.45, 7) is 0. The SMILES string of the molecule is NC(=O)C[C@H](NC(=O)c1ccnc2ccccc12)C(=O)O. The Bertz CT molecular complexity index is 709. The number of fused-ring (bicyclic) bond motifs is 1. The van der Waals surface area contributed by atoms with E-state index >= 15 is 0 Å². The van der Waals surface area contributed by atoms with E-state index in [9.17, 15) is 14.4 Å². The minimum Gasteiger partial charge on any atom is -0.480 e. The van der Waals surface area contributed by atoms with Gasteiger partial charge in [0.2, 0.25) is 5.91 Å². The molecule has 1 aromatic carbocycles. The lowest BCUT2D eigenvalue weighted by Gasteiger charge is -2.13. The van der Waals surface area contributed by atoms with E-state index in [2.05, 4.69) is 10.3 Å². The zero-order valence-corrected chi connectivity index (χ0v) is 10.9. The summed E-state index contributed by atoms with van der Waals surface area (Å²) < 4.78 is 0. The van der Waals surface area contributed by atoms with E-state index in [4.69, 9.17) is 10.8 Å². The van der Waals surface area contributed by atoms with Crippen LogP contribution in [0, 0.1) is 0 Å². The molecule has 1 atom stereocenters. The highest BCUT2D eigenvalue weighted by atomic mass is 16.4. The first kappa shape index (κ1) is 14.4. The smallest absolute Gasteiger partial charge is 0.326 e. The van der Waals surface area contributed by atoms with Gasteiger partial charge in [0.1, 0.15) is 6.04 Å². The molecule has 0 spiro atoms. The number of aromatic nitrogens is 1. The van der Waals surface area contributed by atoms with Crippen LogP contribution in [-0.4, -0.2) is 33.9 Å². The number of nitrogens with zero attached hydrogens (tertiary/aromatic N) is 1. The Labute approximate surface area is 119 Å². The van der Waals surface area contributed by atoms with E-state index < -0.39 is 30.2 Å². The summed E-state index contributed by atoms with van der Waals surface area (Å²) in [4.78, 5) is 38.2. The highest BCUT2D eigenvalue weighted by Gasteiger charge is 2.23. The van der Waals surface area contributed by atoms with Gasteiger partial charge in [0.15, 0.2) is 0 Å². The Kier molecular flexibility index (Phi) is 4.13. The topological polar surface area (TPSA) is 122 Å². The van der Waals surface area contributed by atoms with Gasteiger partial charge in [-0.3, -0.25) is 14.6 Å². The van der Waals surface area contributed by atoms with E-state index in [-0.39, 0.29) is 5.56 Å². The molecule has 0 saturated carbocycles. The molecule has 0 radical (unpaired) electrons. The first-order valence-electron chi connectivity index (χ1n) is 6.14. The largest absolute Gasteiger partial charge is 0.480 e. The predicted molar refractivity (Wildman–Crippen MR) is 74.4 cm³/mol. The second-order valence-electron chi connectivity index (χ2n) is 4.41. The van der Waals surface area contributed by atoms with Crippen molar-refractivity contribution in [1.82, 2.24) is 10.3 Å². The molecule has 2 rings (SSSR count). The lowest BCUT2D eigenvalue weighted by molar-refractivity contribution is -0.140. The maximum Gasteiger partial charge on any atom is 0.326 e. The van der Waals surface area contributed by atoms with E-state index in [0.29, 0.717) is 10.9 Å². The molecule has 108 valence electrons. The number of carbonyl (C=O) groups excluding carboxylic acids is 2. The molecule has 1 heterocycles. The fourth-order valence-electron chi connectivity index (χ4n) is 1.93. The Morgan fingerprint density at radius 3 is 2.62 bits per heavy atom. The Balaban J connectivity index is 2.29. The maximum absolute atomic E-state index is 12.2. The molecule has 0 aliphatic rings. The monoisotopic (exact) mass is 287 g/mol. The number of nitrogens with one attached hydrogen (secondary N) is 1. The average molecular weight is 287 g/mol. The van der Waals surface area contributed by atoms with Crippen molar-refractivity contribution in [1.29, 1.82) is 0 Å². The zero-order chi connectivity index (χ0) is 15.4. The van der Waals surface area contributed by atoms with E-state index in [1.54, 1.807) is 24.3 Å². The number of amides is 2. The predicted octanol–water partition coefficient (Wildman–Crippen LogP) is 0.293. The van der Waals surface area contributed by atoms with Crippen LogP contribution in [0.3, 0.4) is 0 Å². The molecule has 0 bridgehead atoms. The third-order valence-corrected chi connectivity index (χ3v) is 2.90. The van der Waals surface area contributed by atoms with Crippen molar-refractivity contribution in [3.8, 4) is 0 Å². The molecule has 4 N–H and O–H groups in total. The van der Waals surface area contributed by atoms with Gasteiger partial charge in [0.05, 0.1) is 17.5 Å². The molecule has 0 aliphatic heterocycles. The van der Waals surface area contributed by atoms with E-state index in [1.165, 1.54) is 12.3 Å². The van der Waals surface area contributed by atoms with Gasteiger partial charge in [-0.05, 0) is 12.1 Å². The van der Waals surface area contributed by atoms with Crippen LogP contribution in [-0.2, 0) is 9.59 Å². The second-order valence-corrected chi connectivity index (χ2v) is 4.41. The van der Waals surface area contributed by atoms with Gasteiger partial charge in [-0.1, -0.05) is 18.2 Å². The minimum absolute atomic E-state index is 0.288. The van der Waals surface area contributed by atoms with Crippen molar-refractivity contribution < 1.29 is 19.5 Å². The third kappa shape index (κ3) is 3.33. The highest BCUT2D eigenvalue weighted by molar-refractivity contribution is 6.07. The van der Waals surface area contributed by atoms with Gasteiger partial charge < -0.3 is 16.2 Å². The second kappa shape index (κ2) is 6.00. The summed E-state index contributed by atoms with van der Waals surface area (Å²) in [6.07, 6.45) is 0.991. The number of primary amides is 1. The first-order valence-corrected chi connectivity index (χ1v) is 6.14. The first-order chi connectivity index (χ1) is 9.99. The van der Waals surface area contributed by atoms with Crippen LogP contribution < -0.4 is 11.1 Å². The van der Waals surface area contributed by atoms with Crippen molar-refractivity contribution in [2.24, 2.45) is 5.73 Å². The fraction of sp³-hybridized carbons (Fsp3) is 0.143. The Morgan fingerprint density at radius 2 is 1.95 bits per heavy atom. The molecule has 21 heavy (non-hydrogen) atoms. The minimum atomic E-state index is -1.36. The van der Waals surface area contributed by atoms with Crippen LogP contribution in [0.2, 0.25) is 0 Å². The number of para-hydroxylation sites is 1. The van der Waals surface area contributed by atoms with Crippen molar-refractivity contribution in [2.75, 3.05) is 0 Å². The van der Waals surface area contributed by atoms with Gasteiger partial charge in [0.25, 0.3) is 5.91 Å². The van der Waals surface area contributed by atoms with Crippen molar-refractivity contribution >= 4 is 28.7 Å². The molecular formula is C14H13N3O4. The number of aliphatic carboxylic acids is 1. The fourth-order valence-corrected chi connectivity index (χ4v) is 1.93. The molecular weight excluding hydrogens is 274 g/mol. The molecule has 2 amide bonds.